The second-order valence-corrected chi connectivity index (χ2v) is 5.91. The lowest BCUT2D eigenvalue weighted by molar-refractivity contribution is 0.0701. The summed E-state index contributed by atoms with van der Waals surface area (Å²) in [5.41, 5.74) is 1.40. The number of nitrogens with one attached hydrogen (secondary N) is 1. The van der Waals surface area contributed by atoms with Gasteiger partial charge in [-0.05, 0) is 18.6 Å². The van der Waals surface area contributed by atoms with E-state index in [1.165, 1.54) is 0 Å². The summed E-state index contributed by atoms with van der Waals surface area (Å²) >= 11 is 0.963. The van der Waals surface area contributed by atoms with Gasteiger partial charge in [-0.2, -0.15) is 5.10 Å². The summed E-state index contributed by atoms with van der Waals surface area (Å²) in [6.45, 7) is 1.97. The minimum absolute atomic E-state index is 0.176. The largest absolute Gasteiger partial charge is 0.477 e. The van der Waals surface area contributed by atoms with Gasteiger partial charge in [0.2, 0.25) is 0 Å². The molecule has 0 spiro atoms. The van der Waals surface area contributed by atoms with Crippen LogP contribution < -0.4 is 5.32 Å². The Morgan fingerprint density at radius 1 is 1.55 bits per heavy atom. The summed E-state index contributed by atoms with van der Waals surface area (Å²) in [6, 6.07) is 1.23. The fourth-order valence-corrected chi connectivity index (χ4v) is 2.96. The molecule has 2 N–H and O–H groups in total. The highest BCUT2D eigenvalue weighted by Crippen LogP contribution is 2.23. The van der Waals surface area contributed by atoms with E-state index >= 15 is 0 Å². The van der Waals surface area contributed by atoms with E-state index < -0.39 is 5.97 Å². The van der Waals surface area contributed by atoms with Crippen molar-refractivity contribution in [3.05, 3.63) is 39.3 Å². The second kappa shape index (κ2) is 6.71. The van der Waals surface area contributed by atoms with E-state index in [0.717, 1.165) is 16.9 Å². The molecule has 0 saturated heterocycles. The molecule has 0 aliphatic carbocycles. The van der Waals surface area contributed by atoms with Crippen molar-refractivity contribution in [2.75, 3.05) is 13.7 Å². The number of carboxylic acid groups (broad SMARTS) is 1. The molecule has 1 atom stereocenters. The lowest BCUT2D eigenvalue weighted by Crippen LogP contribution is -2.30. The molecule has 22 heavy (non-hydrogen) atoms. The van der Waals surface area contributed by atoms with Crippen LogP contribution in [0, 0.1) is 6.92 Å². The Balaban J connectivity index is 2.17. The van der Waals surface area contributed by atoms with Crippen LogP contribution in [-0.4, -0.2) is 40.5 Å². The molecule has 0 aromatic carbocycles. The highest BCUT2D eigenvalue weighted by Gasteiger charge is 2.21. The van der Waals surface area contributed by atoms with Crippen LogP contribution in [0.15, 0.2) is 18.5 Å². The molecular formula is C14H17N3O4S. The molecule has 2 heterocycles. The lowest BCUT2D eigenvalue weighted by atomic mass is 10.1. The van der Waals surface area contributed by atoms with E-state index in [4.69, 9.17) is 9.84 Å². The predicted octanol–water partition coefficient (Wildman–Crippen LogP) is 1.61. The average molecular weight is 323 g/mol. The quantitative estimate of drug-likeness (QED) is 0.842. The number of carbonyl (C=O) groups excluding carboxylic acids is 1. The third-order valence-electron chi connectivity index (χ3n) is 3.10. The van der Waals surface area contributed by atoms with Gasteiger partial charge in [-0.1, -0.05) is 0 Å². The van der Waals surface area contributed by atoms with E-state index in [-0.39, 0.29) is 16.8 Å². The summed E-state index contributed by atoms with van der Waals surface area (Å²) < 4.78 is 6.77. The van der Waals surface area contributed by atoms with Gasteiger partial charge in [0.05, 0.1) is 23.7 Å². The molecule has 2 aromatic heterocycles. The number of aromatic nitrogens is 2. The molecule has 0 aliphatic heterocycles. The zero-order valence-corrected chi connectivity index (χ0v) is 13.3. The van der Waals surface area contributed by atoms with Gasteiger partial charge < -0.3 is 15.2 Å². The predicted molar refractivity (Wildman–Crippen MR) is 81.3 cm³/mol. The summed E-state index contributed by atoms with van der Waals surface area (Å²) in [5, 5.41) is 16.0. The van der Waals surface area contributed by atoms with Crippen LogP contribution in [0.1, 0.15) is 36.5 Å². The number of amides is 1. The van der Waals surface area contributed by atoms with E-state index in [1.807, 2.05) is 0 Å². The minimum Gasteiger partial charge on any atom is -0.477 e. The molecule has 2 aromatic rings. The third kappa shape index (κ3) is 3.52. The number of carbonyl (C=O) groups is 2. The maximum atomic E-state index is 12.3. The van der Waals surface area contributed by atoms with E-state index in [1.54, 1.807) is 44.2 Å². The Kier molecular flexibility index (Phi) is 4.94. The van der Waals surface area contributed by atoms with Gasteiger partial charge in [0.15, 0.2) is 0 Å². The Hall–Kier alpha value is -2.19. The molecule has 1 unspecified atom stereocenters. The van der Waals surface area contributed by atoms with Crippen LogP contribution in [-0.2, 0) is 11.8 Å². The van der Waals surface area contributed by atoms with Crippen LogP contribution in [0.3, 0.4) is 0 Å². The first kappa shape index (κ1) is 16.2. The van der Waals surface area contributed by atoms with Gasteiger partial charge in [0.1, 0.15) is 4.88 Å². The molecule has 0 fully saturated rings. The molecule has 0 bridgehead atoms. The van der Waals surface area contributed by atoms with Gasteiger partial charge in [-0.25, -0.2) is 4.79 Å². The van der Waals surface area contributed by atoms with Crippen LogP contribution in [0.25, 0.3) is 0 Å². The highest BCUT2D eigenvalue weighted by atomic mass is 32.1. The fourth-order valence-electron chi connectivity index (χ4n) is 2.04. The van der Waals surface area contributed by atoms with Crippen molar-refractivity contribution in [3.8, 4) is 0 Å². The third-order valence-corrected chi connectivity index (χ3v) is 4.33. The molecule has 1 amide bonds. The first-order chi connectivity index (χ1) is 10.4. The first-order valence-electron chi connectivity index (χ1n) is 6.54. The van der Waals surface area contributed by atoms with Gasteiger partial charge in [-0.3, -0.25) is 9.48 Å². The topological polar surface area (TPSA) is 93.4 Å². The zero-order chi connectivity index (χ0) is 16.3. The smallest absolute Gasteiger partial charge is 0.346 e. The maximum absolute atomic E-state index is 12.3. The van der Waals surface area contributed by atoms with E-state index in [9.17, 15) is 9.59 Å². The molecule has 0 radical (unpaired) electrons. The Labute approximate surface area is 131 Å². The van der Waals surface area contributed by atoms with Crippen molar-refractivity contribution in [2.24, 2.45) is 7.05 Å². The average Bonchev–Trinajstić information content (AvgIpc) is 3.04. The van der Waals surface area contributed by atoms with Gasteiger partial charge in [-0.15, -0.1) is 11.3 Å². The summed E-state index contributed by atoms with van der Waals surface area (Å²) in [7, 11) is 3.34. The molecule has 2 rings (SSSR count). The molecule has 118 valence electrons. The van der Waals surface area contributed by atoms with E-state index in [0.29, 0.717) is 17.0 Å². The molecule has 7 nitrogen and oxygen atoms in total. The van der Waals surface area contributed by atoms with Crippen molar-refractivity contribution >= 4 is 23.2 Å². The van der Waals surface area contributed by atoms with Crippen molar-refractivity contribution in [1.82, 2.24) is 15.1 Å². The zero-order valence-electron chi connectivity index (χ0n) is 12.5. The Morgan fingerprint density at radius 3 is 2.77 bits per heavy atom. The number of carboxylic acids is 1. The van der Waals surface area contributed by atoms with Crippen molar-refractivity contribution in [3.63, 3.8) is 0 Å². The normalized spacial score (nSPS) is 12.1. The van der Waals surface area contributed by atoms with Gasteiger partial charge >= 0.3 is 5.97 Å². The first-order valence-corrected chi connectivity index (χ1v) is 7.36. The van der Waals surface area contributed by atoms with Crippen LogP contribution in [0.5, 0.6) is 0 Å². The number of aromatic carboxylic acids is 1. The number of aryl methyl sites for hydroxylation is 2. The summed E-state index contributed by atoms with van der Waals surface area (Å²) in [5.74, 6) is -1.35. The SMILES string of the molecule is COCC(NC(=O)c1cc(C)c(C(=O)O)s1)c1cnn(C)c1. The monoisotopic (exact) mass is 323 g/mol. The van der Waals surface area contributed by atoms with Crippen molar-refractivity contribution < 1.29 is 19.4 Å². The lowest BCUT2D eigenvalue weighted by Gasteiger charge is -2.15. The number of rotatable bonds is 6. The number of methoxy groups -OCH3 is 1. The molecule has 0 aliphatic rings. The highest BCUT2D eigenvalue weighted by molar-refractivity contribution is 7.16. The summed E-state index contributed by atoms with van der Waals surface area (Å²) in [4.78, 5) is 23.9. The number of hydrogen-bond acceptors (Lipinski definition) is 5. The van der Waals surface area contributed by atoms with Crippen LogP contribution >= 0.6 is 11.3 Å². The number of ether oxygens (including phenoxy) is 1. The Bertz CT molecular complexity index is 692. The number of thiophene rings is 1. The molecule has 0 saturated carbocycles. The standard InChI is InChI=1S/C14H17N3O4S/c1-8-4-11(22-12(8)14(19)20)13(18)16-10(7-21-3)9-5-15-17(2)6-9/h4-6,10H,7H2,1-3H3,(H,16,18)(H,19,20). The number of hydrogen-bond donors (Lipinski definition) is 2. The fraction of sp³-hybridized carbons (Fsp3) is 0.357. The van der Waals surface area contributed by atoms with Crippen LogP contribution in [0.4, 0.5) is 0 Å². The molecule has 8 heteroatoms. The van der Waals surface area contributed by atoms with Gasteiger partial charge in [0.25, 0.3) is 5.91 Å². The van der Waals surface area contributed by atoms with Crippen LogP contribution in [0.2, 0.25) is 0 Å². The van der Waals surface area contributed by atoms with Crippen molar-refractivity contribution in [1.29, 1.82) is 0 Å². The van der Waals surface area contributed by atoms with Gasteiger partial charge in [0, 0.05) is 25.9 Å². The minimum atomic E-state index is -1.03. The summed E-state index contributed by atoms with van der Waals surface area (Å²) in [6.07, 6.45) is 3.46. The second-order valence-electron chi connectivity index (χ2n) is 4.86. The number of nitrogens with zero attached hydrogens (tertiary/aromatic N) is 2. The maximum Gasteiger partial charge on any atom is 0.346 e. The Morgan fingerprint density at radius 2 is 2.27 bits per heavy atom. The van der Waals surface area contributed by atoms with E-state index in [2.05, 4.69) is 10.4 Å². The molecular weight excluding hydrogens is 306 g/mol. The van der Waals surface area contributed by atoms with Crippen molar-refractivity contribution in [2.45, 2.75) is 13.0 Å².